The molecule has 0 amide bonds. The highest BCUT2D eigenvalue weighted by atomic mass is 32.2. The molecule has 0 saturated heterocycles. The van der Waals surface area contributed by atoms with Crippen LogP contribution in [-0.4, -0.2) is 21.0 Å². The highest BCUT2D eigenvalue weighted by molar-refractivity contribution is 7.87. The molecular weight excluding hydrogens is 250 g/mol. The van der Waals surface area contributed by atoms with E-state index in [-0.39, 0.29) is 6.04 Å². The summed E-state index contributed by atoms with van der Waals surface area (Å²) >= 11 is 0. The Bertz CT molecular complexity index is 481. The van der Waals surface area contributed by atoms with E-state index in [1.807, 2.05) is 24.3 Å². The topological polar surface area (TPSA) is 84.2 Å². The molecule has 1 aromatic carbocycles. The molecule has 6 heteroatoms. The Labute approximate surface area is 108 Å². The van der Waals surface area contributed by atoms with Crippen molar-refractivity contribution >= 4 is 10.2 Å². The number of hydrogen-bond donors (Lipinski definition) is 3. The first-order valence-corrected chi connectivity index (χ1v) is 7.62. The van der Waals surface area contributed by atoms with Gasteiger partial charge in [0.05, 0.1) is 0 Å². The third-order valence-electron chi connectivity index (χ3n) is 2.82. The predicted octanol–water partition coefficient (Wildman–Crippen LogP) is 0.274. The molecule has 2 rings (SSSR count). The van der Waals surface area contributed by atoms with E-state index in [0.29, 0.717) is 13.1 Å². The van der Waals surface area contributed by atoms with Crippen LogP contribution in [0.2, 0.25) is 0 Å². The summed E-state index contributed by atoms with van der Waals surface area (Å²) in [5, 5.41) is 0. The van der Waals surface area contributed by atoms with Gasteiger partial charge in [0.1, 0.15) is 0 Å². The lowest BCUT2D eigenvalue weighted by Crippen LogP contribution is -2.37. The Morgan fingerprint density at radius 2 is 1.78 bits per heavy atom. The van der Waals surface area contributed by atoms with Crippen LogP contribution in [0.5, 0.6) is 0 Å². The number of nitrogens with one attached hydrogen (secondary N) is 2. The molecule has 1 saturated carbocycles. The lowest BCUT2D eigenvalue weighted by atomic mass is 10.1. The minimum atomic E-state index is -3.36. The molecule has 0 aliphatic heterocycles. The van der Waals surface area contributed by atoms with Crippen molar-refractivity contribution in [3.05, 3.63) is 35.4 Å². The summed E-state index contributed by atoms with van der Waals surface area (Å²) in [6.07, 6.45) is 2.72. The third kappa shape index (κ3) is 4.38. The van der Waals surface area contributed by atoms with Crippen LogP contribution in [-0.2, 0) is 23.2 Å². The summed E-state index contributed by atoms with van der Waals surface area (Å²) in [5.41, 5.74) is 7.58. The maximum absolute atomic E-state index is 11.6. The quantitative estimate of drug-likeness (QED) is 0.664. The molecule has 0 bridgehead atoms. The first-order chi connectivity index (χ1) is 8.59. The molecule has 100 valence electrons. The number of rotatable bonds is 7. The largest absolute Gasteiger partial charge is 0.330 e. The highest BCUT2D eigenvalue weighted by Crippen LogP contribution is 2.19. The Kier molecular flexibility index (Phi) is 4.34. The van der Waals surface area contributed by atoms with Crippen LogP contribution in [0, 0.1) is 0 Å². The number of benzene rings is 1. The predicted molar refractivity (Wildman–Crippen MR) is 71.1 cm³/mol. The highest BCUT2D eigenvalue weighted by Gasteiger charge is 2.26. The second kappa shape index (κ2) is 5.79. The molecule has 0 aromatic heterocycles. The number of hydrogen-bond acceptors (Lipinski definition) is 3. The van der Waals surface area contributed by atoms with E-state index in [1.165, 1.54) is 5.56 Å². The van der Waals surface area contributed by atoms with Gasteiger partial charge < -0.3 is 5.73 Å². The van der Waals surface area contributed by atoms with Gasteiger partial charge in [-0.05, 0) is 36.9 Å². The molecule has 0 radical (unpaired) electrons. The summed E-state index contributed by atoms with van der Waals surface area (Å²) < 4.78 is 28.3. The molecule has 0 heterocycles. The molecule has 1 aliphatic rings. The Morgan fingerprint density at radius 3 is 2.33 bits per heavy atom. The van der Waals surface area contributed by atoms with Crippen LogP contribution < -0.4 is 15.2 Å². The van der Waals surface area contributed by atoms with Gasteiger partial charge in [0.15, 0.2) is 0 Å². The summed E-state index contributed by atoms with van der Waals surface area (Å²) in [6, 6.07) is 7.93. The van der Waals surface area contributed by atoms with Crippen molar-refractivity contribution in [2.45, 2.75) is 31.8 Å². The van der Waals surface area contributed by atoms with Gasteiger partial charge in [-0.25, -0.2) is 0 Å². The maximum Gasteiger partial charge on any atom is 0.277 e. The maximum atomic E-state index is 11.6. The van der Waals surface area contributed by atoms with Crippen LogP contribution in [0.4, 0.5) is 0 Å². The molecule has 0 atom stereocenters. The fraction of sp³-hybridized carbons (Fsp3) is 0.500. The molecule has 5 nitrogen and oxygen atoms in total. The zero-order chi connectivity index (χ0) is 13.0. The SMILES string of the molecule is NCCc1ccc(CNS(=O)(=O)NC2CC2)cc1. The monoisotopic (exact) mass is 269 g/mol. The van der Waals surface area contributed by atoms with Gasteiger partial charge >= 0.3 is 0 Å². The molecule has 4 N–H and O–H groups in total. The minimum Gasteiger partial charge on any atom is -0.330 e. The van der Waals surface area contributed by atoms with E-state index < -0.39 is 10.2 Å². The van der Waals surface area contributed by atoms with Crippen molar-refractivity contribution in [2.24, 2.45) is 5.73 Å². The van der Waals surface area contributed by atoms with Crippen LogP contribution in [0.3, 0.4) is 0 Å². The van der Waals surface area contributed by atoms with Gasteiger partial charge in [0, 0.05) is 12.6 Å². The molecule has 1 fully saturated rings. The van der Waals surface area contributed by atoms with E-state index in [4.69, 9.17) is 5.73 Å². The van der Waals surface area contributed by atoms with Gasteiger partial charge in [-0.15, -0.1) is 0 Å². The Morgan fingerprint density at radius 1 is 1.17 bits per heavy atom. The van der Waals surface area contributed by atoms with Crippen molar-refractivity contribution in [2.75, 3.05) is 6.54 Å². The zero-order valence-corrected chi connectivity index (χ0v) is 11.0. The minimum absolute atomic E-state index is 0.134. The second-order valence-corrected chi connectivity index (χ2v) is 6.10. The van der Waals surface area contributed by atoms with Crippen molar-refractivity contribution in [1.82, 2.24) is 9.44 Å². The van der Waals surface area contributed by atoms with Crippen LogP contribution in [0.15, 0.2) is 24.3 Å². The molecular formula is C12H19N3O2S. The van der Waals surface area contributed by atoms with E-state index in [0.717, 1.165) is 24.8 Å². The van der Waals surface area contributed by atoms with Crippen LogP contribution in [0.1, 0.15) is 24.0 Å². The zero-order valence-electron chi connectivity index (χ0n) is 10.2. The molecule has 1 aliphatic carbocycles. The van der Waals surface area contributed by atoms with Crippen molar-refractivity contribution in [3.63, 3.8) is 0 Å². The van der Waals surface area contributed by atoms with E-state index in [1.54, 1.807) is 0 Å². The average molecular weight is 269 g/mol. The Hall–Kier alpha value is -0.950. The van der Waals surface area contributed by atoms with Crippen molar-refractivity contribution < 1.29 is 8.42 Å². The molecule has 0 unspecified atom stereocenters. The van der Waals surface area contributed by atoms with Gasteiger partial charge in [-0.1, -0.05) is 24.3 Å². The lowest BCUT2D eigenvalue weighted by Gasteiger charge is -2.08. The Balaban J connectivity index is 1.85. The fourth-order valence-electron chi connectivity index (χ4n) is 1.63. The van der Waals surface area contributed by atoms with Crippen molar-refractivity contribution in [1.29, 1.82) is 0 Å². The number of nitrogens with two attached hydrogens (primary N) is 1. The fourth-order valence-corrected chi connectivity index (χ4v) is 2.75. The van der Waals surface area contributed by atoms with E-state index >= 15 is 0 Å². The van der Waals surface area contributed by atoms with E-state index in [2.05, 4.69) is 9.44 Å². The third-order valence-corrected chi connectivity index (χ3v) is 3.99. The van der Waals surface area contributed by atoms with Gasteiger partial charge in [-0.2, -0.15) is 17.9 Å². The molecule has 0 spiro atoms. The normalized spacial score (nSPS) is 15.8. The van der Waals surface area contributed by atoms with Gasteiger partial charge in [0.25, 0.3) is 10.2 Å². The van der Waals surface area contributed by atoms with Crippen LogP contribution in [0.25, 0.3) is 0 Å². The lowest BCUT2D eigenvalue weighted by molar-refractivity contribution is 0.565. The summed E-state index contributed by atoms with van der Waals surface area (Å²) in [5.74, 6) is 0. The molecule has 1 aromatic rings. The van der Waals surface area contributed by atoms with Gasteiger partial charge in [0.2, 0.25) is 0 Å². The second-order valence-electron chi connectivity index (χ2n) is 4.57. The average Bonchev–Trinajstić information content (AvgIpc) is 3.12. The summed E-state index contributed by atoms with van der Waals surface area (Å²) in [6.45, 7) is 0.933. The first kappa shape index (κ1) is 13.5. The van der Waals surface area contributed by atoms with Crippen LogP contribution >= 0.6 is 0 Å². The van der Waals surface area contributed by atoms with Crippen molar-refractivity contribution in [3.8, 4) is 0 Å². The van der Waals surface area contributed by atoms with E-state index in [9.17, 15) is 8.42 Å². The summed E-state index contributed by atoms with van der Waals surface area (Å²) in [7, 11) is -3.36. The van der Waals surface area contributed by atoms with Gasteiger partial charge in [-0.3, -0.25) is 0 Å². The standard InChI is InChI=1S/C12H19N3O2S/c13-8-7-10-1-3-11(4-2-10)9-14-18(16,17)15-12-5-6-12/h1-4,12,14-15H,5-9,13H2. The molecule has 18 heavy (non-hydrogen) atoms. The smallest absolute Gasteiger partial charge is 0.277 e. The summed E-state index contributed by atoms with van der Waals surface area (Å²) in [4.78, 5) is 0. The first-order valence-electron chi connectivity index (χ1n) is 6.14.